The SMILES string of the molecule is NC(OC(=O)C(F)(F)F)C(=O)NCc1cc(F)cc(C(F)(F)F)c1. The second kappa shape index (κ2) is 7.03. The second-order valence-corrected chi connectivity index (χ2v) is 4.39. The van der Waals surface area contributed by atoms with Crippen LogP contribution < -0.4 is 11.1 Å². The molecule has 0 radical (unpaired) electrons. The molecule has 0 aromatic heterocycles. The van der Waals surface area contributed by atoms with Crippen LogP contribution in [0.4, 0.5) is 30.7 Å². The van der Waals surface area contributed by atoms with Crippen LogP contribution in [0.1, 0.15) is 11.1 Å². The summed E-state index contributed by atoms with van der Waals surface area (Å²) in [6.07, 6.45) is -12.5. The third kappa shape index (κ3) is 5.68. The lowest BCUT2D eigenvalue weighted by molar-refractivity contribution is -0.205. The van der Waals surface area contributed by atoms with Crippen molar-refractivity contribution < 1.29 is 45.1 Å². The van der Waals surface area contributed by atoms with Gasteiger partial charge < -0.3 is 10.1 Å². The van der Waals surface area contributed by atoms with Gasteiger partial charge in [0.05, 0.1) is 5.56 Å². The van der Waals surface area contributed by atoms with Crippen LogP contribution in [0.15, 0.2) is 18.2 Å². The van der Waals surface area contributed by atoms with Gasteiger partial charge in [-0.3, -0.25) is 10.5 Å². The minimum Gasteiger partial charge on any atom is -0.430 e. The zero-order valence-corrected chi connectivity index (χ0v) is 11.5. The molecule has 1 amide bonds. The number of esters is 1. The molecule has 0 aliphatic carbocycles. The number of rotatable bonds is 4. The van der Waals surface area contributed by atoms with E-state index in [4.69, 9.17) is 5.73 Å². The fourth-order valence-corrected chi connectivity index (χ4v) is 1.44. The van der Waals surface area contributed by atoms with Crippen LogP contribution in [0.3, 0.4) is 0 Å². The van der Waals surface area contributed by atoms with E-state index in [1.807, 2.05) is 5.32 Å². The summed E-state index contributed by atoms with van der Waals surface area (Å²) in [6.45, 7) is -0.684. The molecule has 12 heteroatoms. The highest BCUT2D eigenvalue weighted by Crippen LogP contribution is 2.30. The molecule has 0 saturated carbocycles. The Bertz CT molecular complexity index is 628. The minimum absolute atomic E-state index is 0.224. The lowest BCUT2D eigenvalue weighted by Crippen LogP contribution is -2.45. The number of halogens is 7. The quantitative estimate of drug-likeness (QED) is 0.487. The molecule has 1 unspecified atom stereocenters. The molecule has 1 atom stereocenters. The summed E-state index contributed by atoms with van der Waals surface area (Å²) >= 11 is 0. The zero-order valence-electron chi connectivity index (χ0n) is 11.5. The van der Waals surface area contributed by atoms with Gasteiger partial charge in [0.25, 0.3) is 5.91 Å². The van der Waals surface area contributed by atoms with E-state index in [2.05, 4.69) is 4.74 Å². The number of amides is 1. The average Bonchev–Trinajstić information content (AvgIpc) is 2.42. The highest BCUT2D eigenvalue weighted by Gasteiger charge is 2.42. The Kier molecular flexibility index (Phi) is 5.76. The molecular formula is C12H9F7N2O3. The van der Waals surface area contributed by atoms with Gasteiger partial charge in [-0.2, -0.15) is 26.3 Å². The molecule has 0 bridgehead atoms. The first-order valence-electron chi connectivity index (χ1n) is 5.98. The van der Waals surface area contributed by atoms with Crippen LogP contribution in [0.2, 0.25) is 0 Å². The standard InChI is InChI=1S/C12H9F7N2O3/c13-7-2-5(1-6(3-7)11(14,15)16)4-21-9(22)8(20)24-10(23)12(17,18)19/h1-3,8H,4,20H2,(H,21,22). The molecule has 0 aliphatic rings. The van der Waals surface area contributed by atoms with Gasteiger partial charge in [0.2, 0.25) is 6.23 Å². The molecule has 3 N–H and O–H groups in total. The van der Waals surface area contributed by atoms with E-state index >= 15 is 0 Å². The number of hydrogen-bond acceptors (Lipinski definition) is 4. The summed E-state index contributed by atoms with van der Waals surface area (Å²) in [4.78, 5) is 21.8. The smallest absolute Gasteiger partial charge is 0.430 e. The van der Waals surface area contributed by atoms with Gasteiger partial charge in [0.1, 0.15) is 5.82 Å². The number of nitrogens with two attached hydrogens (primary N) is 1. The van der Waals surface area contributed by atoms with Crippen molar-refractivity contribution in [3.63, 3.8) is 0 Å². The Morgan fingerprint density at radius 1 is 1.12 bits per heavy atom. The molecule has 5 nitrogen and oxygen atoms in total. The molecule has 134 valence electrons. The molecule has 0 fully saturated rings. The fraction of sp³-hybridized carbons (Fsp3) is 0.333. The van der Waals surface area contributed by atoms with E-state index in [1.54, 1.807) is 0 Å². The van der Waals surface area contributed by atoms with E-state index < -0.39 is 48.4 Å². The normalized spacial score (nSPS) is 13.3. The molecule has 0 heterocycles. The van der Waals surface area contributed by atoms with E-state index in [-0.39, 0.29) is 11.6 Å². The van der Waals surface area contributed by atoms with Crippen molar-refractivity contribution >= 4 is 11.9 Å². The van der Waals surface area contributed by atoms with Crippen LogP contribution in [-0.4, -0.2) is 24.3 Å². The van der Waals surface area contributed by atoms with Crippen molar-refractivity contribution in [1.82, 2.24) is 5.32 Å². The van der Waals surface area contributed by atoms with E-state index in [9.17, 15) is 40.3 Å². The van der Waals surface area contributed by atoms with Crippen LogP contribution in [-0.2, 0) is 27.0 Å². The third-order valence-electron chi connectivity index (χ3n) is 2.48. The fourth-order valence-electron chi connectivity index (χ4n) is 1.44. The van der Waals surface area contributed by atoms with Crippen LogP contribution in [0.25, 0.3) is 0 Å². The van der Waals surface area contributed by atoms with E-state index in [0.717, 1.165) is 0 Å². The molecule has 1 aromatic rings. The second-order valence-electron chi connectivity index (χ2n) is 4.39. The topological polar surface area (TPSA) is 81.4 Å². The van der Waals surface area contributed by atoms with Gasteiger partial charge in [0, 0.05) is 6.54 Å². The number of benzene rings is 1. The monoisotopic (exact) mass is 362 g/mol. The number of hydrogen-bond donors (Lipinski definition) is 2. The first-order valence-corrected chi connectivity index (χ1v) is 5.98. The summed E-state index contributed by atoms with van der Waals surface area (Å²) in [7, 11) is 0. The van der Waals surface area contributed by atoms with Crippen LogP contribution in [0.5, 0.6) is 0 Å². The summed E-state index contributed by atoms with van der Waals surface area (Å²) in [5.74, 6) is -5.36. The van der Waals surface area contributed by atoms with E-state index in [1.165, 1.54) is 0 Å². The molecule has 1 rings (SSSR count). The molecule has 0 aliphatic heterocycles. The lowest BCUT2D eigenvalue weighted by Gasteiger charge is -2.15. The molecule has 1 aromatic carbocycles. The van der Waals surface area contributed by atoms with Crippen molar-refractivity contribution in [2.75, 3.05) is 0 Å². The first kappa shape index (κ1) is 19.7. The molecule has 24 heavy (non-hydrogen) atoms. The van der Waals surface area contributed by atoms with Crippen molar-refractivity contribution in [2.45, 2.75) is 25.1 Å². The zero-order chi connectivity index (χ0) is 18.7. The highest BCUT2D eigenvalue weighted by molar-refractivity contribution is 5.84. The lowest BCUT2D eigenvalue weighted by atomic mass is 10.1. The summed E-state index contributed by atoms with van der Waals surface area (Å²) in [5.41, 5.74) is 3.25. The van der Waals surface area contributed by atoms with Gasteiger partial charge in [-0.05, 0) is 23.8 Å². The third-order valence-corrected chi connectivity index (χ3v) is 2.48. The molecular weight excluding hydrogens is 353 g/mol. The largest absolute Gasteiger partial charge is 0.490 e. The van der Waals surface area contributed by atoms with Gasteiger partial charge >= 0.3 is 18.3 Å². The maximum Gasteiger partial charge on any atom is 0.490 e. The Balaban J connectivity index is 2.71. The Morgan fingerprint density at radius 3 is 2.21 bits per heavy atom. The number of carbonyl (C=O) groups is 2. The maximum atomic E-state index is 13.1. The van der Waals surface area contributed by atoms with Gasteiger partial charge in [-0.15, -0.1) is 0 Å². The predicted molar refractivity (Wildman–Crippen MR) is 63.4 cm³/mol. The molecule has 0 spiro atoms. The number of nitrogens with one attached hydrogen (secondary N) is 1. The number of carbonyl (C=O) groups excluding carboxylic acids is 2. The van der Waals surface area contributed by atoms with Crippen LogP contribution >= 0.6 is 0 Å². The number of alkyl halides is 6. The first-order chi connectivity index (χ1) is 10.8. The molecule has 0 saturated heterocycles. The summed E-state index contributed by atoms with van der Waals surface area (Å²) < 4.78 is 89.9. The summed E-state index contributed by atoms with van der Waals surface area (Å²) in [5, 5.41) is 1.82. The minimum atomic E-state index is -5.37. The van der Waals surface area contributed by atoms with Crippen molar-refractivity contribution in [2.24, 2.45) is 5.73 Å². The number of ether oxygens (including phenoxy) is 1. The van der Waals surface area contributed by atoms with Crippen molar-refractivity contribution in [3.05, 3.63) is 35.1 Å². The van der Waals surface area contributed by atoms with Gasteiger partial charge in [0.15, 0.2) is 0 Å². The van der Waals surface area contributed by atoms with Gasteiger partial charge in [-0.1, -0.05) is 0 Å². The average molecular weight is 362 g/mol. The maximum absolute atomic E-state index is 13.1. The van der Waals surface area contributed by atoms with Gasteiger partial charge in [-0.25, -0.2) is 9.18 Å². The van der Waals surface area contributed by atoms with Crippen molar-refractivity contribution in [1.29, 1.82) is 0 Å². The van der Waals surface area contributed by atoms with Crippen LogP contribution in [0, 0.1) is 5.82 Å². The Labute approximate surface area is 129 Å². The highest BCUT2D eigenvalue weighted by atomic mass is 19.4. The predicted octanol–water partition coefficient (Wildman–Crippen LogP) is 1.85. The summed E-state index contributed by atoms with van der Waals surface area (Å²) in [6, 6.07) is 1.42. The Hall–Kier alpha value is -2.37. The van der Waals surface area contributed by atoms with E-state index in [0.29, 0.717) is 12.1 Å². The Morgan fingerprint density at radius 2 is 1.71 bits per heavy atom. The van der Waals surface area contributed by atoms with Crippen molar-refractivity contribution in [3.8, 4) is 0 Å².